The third-order valence-corrected chi connectivity index (χ3v) is 9.50. The van der Waals surface area contributed by atoms with Gasteiger partial charge in [0.2, 0.25) is 17.7 Å². The van der Waals surface area contributed by atoms with E-state index < -0.39 is 17.2 Å². The maximum absolute atomic E-state index is 13.4. The zero-order valence-electron chi connectivity index (χ0n) is 24.2. The third-order valence-electron chi connectivity index (χ3n) is 9.50. The molecule has 1 aromatic heterocycles. The number of aromatic amines is 1. The van der Waals surface area contributed by atoms with Crippen molar-refractivity contribution >= 4 is 17.7 Å². The molecule has 6 N–H and O–H groups in total. The van der Waals surface area contributed by atoms with Crippen molar-refractivity contribution in [3.63, 3.8) is 0 Å². The molecular weight excluding hydrogens is 546 g/mol. The maximum atomic E-state index is 13.4. The minimum atomic E-state index is -0.938. The number of nitrogens with one attached hydrogen (secondary N) is 2. The van der Waals surface area contributed by atoms with Gasteiger partial charge >= 0.3 is 0 Å². The number of hydrogen-bond acceptors (Lipinski definition) is 8. The topological polar surface area (TPSA) is 197 Å². The highest BCUT2D eigenvalue weighted by atomic mass is 16.2. The average molecular weight is 582 g/mol. The number of benzene rings is 2. The number of carbonyl (C=O) groups is 3. The molecule has 43 heavy (non-hydrogen) atoms. The number of aryl methyl sites for hydroxylation is 2. The lowest BCUT2D eigenvalue weighted by molar-refractivity contribution is -0.131. The summed E-state index contributed by atoms with van der Waals surface area (Å²) in [5.74, 6) is -0.0991. The monoisotopic (exact) mass is 581 g/mol. The van der Waals surface area contributed by atoms with Gasteiger partial charge in [-0.1, -0.05) is 26.0 Å². The molecule has 3 amide bonds. The molecule has 2 aromatic carbocycles. The summed E-state index contributed by atoms with van der Waals surface area (Å²) in [6.07, 6.45) is 3.33. The van der Waals surface area contributed by atoms with Crippen LogP contribution in [0.25, 0.3) is 0 Å². The number of amides is 3. The van der Waals surface area contributed by atoms with E-state index in [9.17, 15) is 19.6 Å². The van der Waals surface area contributed by atoms with Gasteiger partial charge in [0, 0.05) is 23.2 Å². The molecule has 2 fully saturated rings. The smallest absolute Gasteiger partial charge is 0.248 e. The highest BCUT2D eigenvalue weighted by Crippen LogP contribution is 2.49. The number of tetrazole rings is 1. The zero-order chi connectivity index (χ0) is 30.5. The van der Waals surface area contributed by atoms with Gasteiger partial charge in [-0.05, 0) is 101 Å². The minimum absolute atomic E-state index is 0.0727. The Morgan fingerprint density at radius 2 is 1.70 bits per heavy atom. The molecule has 1 unspecified atom stereocenters. The van der Waals surface area contributed by atoms with Gasteiger partial charge in [-0.3, -0.25) is 14.4 Å². The molecule has 3 aliphatic rings. The molecule has 12 nitrogen and oxygen atoms in total. The predicted molar refractivity (Wildman–Crippen MR) is 155 cm³/mol. The summed E-state index contributed by atoms with van der Waals surface area (Å²) in [4.78, 5) is 39.5. The van der Waals surface area contributed by atoms with Crippen molar-refractivity contribution < 1.29 is 14.4 Å². The van der Waals surface area contributed by atoms with Crippen molar-refractivity contribution in [3.05, 3.63) is 75.6 Å². The first kappa shape index (κ1) is 28.5. The Morgan fingerprint density at radius 3 is 2.21 bits per heavy atom. The van der Waals surface area contributed by atoms with E-state index in [0.717, 1.165) is 35.1 Å². The van der Waals surface area contributed by atoms with Crippen LogP contribution in [-0.4, -0.2) is 67.9 Å². The number of nitriles is 1. The van der Waals surface area contributed by atoms with Crippen LogP contribution in [0.4, 0.5) is 0 Å². The number of carbonyl (C=O) groups excluding carboxylic acids is 3. The van der Waals surface area contributed by atoms with E-state index in [0.29, 0.717) is 42.1 Å². The second kappa shape index (κ2) is 10.9. The summed E-state index contributed by atoms with van der Waals surface area (Å²) in [6.45, 7) is 4.27. The number of piperidine rings is 1. The summed E-state index contributed by atoms with van der Waals surface area (Å²) in [5, 5.41) is 28.5. The van der Waals surface area contributed by atoms with Gasteiger partial charge in [0.1, 0.15) is 6.04 Å². The minimum Gasteiger partial charge on any atom is -0.366 e. The molecular formula is C31H35N9O3. The van der Waals surface area contributed by atoms with Crippen molar-refractivity contribution in [2.24, 2.45) is 23.3 Å². The normalized spacial score (nSPS) is 22.1. The van der Waals surface area contributed by atoms with Gasteiger partial charge in [-0.25, -0.2) is 5.10 Å². The van der Waals surface area contributed by atoms with Crippen LogP contribution in [0.5, 0.6) is 0 Å². The molecule has 0 radical (unpaired) electrons. The van der Waals surface area contributed by atoms with Crippen LogP contribution in [0.2, 0.25) is 0 Å². The van der Waals surface area contributed by atoms with Gasteiger partial charge in [-0.2, -0.15) is 5.26 Å². The zero-order valence-corrected chi connectivity index (χ0v) is 24.2. The lowest BCUT2D eigenvalue weighted by atomic mass is 9.66. The first-order valence-electron chi connectivity index (χ1n) is 14.7. The maximum Gasteiger partial charge on any atom is 0.248 e. The Hall–Kier alpha value is -4.63. The molecule has 0 bridgehead atoms. The standard InChI is InChI=1S/C31H35N9O3/c1-16(2)25(35-15-27(41)40-22(14-32)11-21-12-26(21)40)13-31(30-36-38-39-37-30)23-7-5-19(28(33)42)9-17(23)3-4-18-10-20(29(34)43)6-8-24(18)31/h5-10,16,21-22,25-26,35H,3-4,11-13,15H2,1-2H3,(H2,33,42)(H2,34,43)(H,36,37,38,39)/t21-,22?,25-,26+/m1/s1. The van der Waals surface area contributed by atoms with Crippen LogP contribution in [0.1, 0.15) is 81.9 Å². The number of hydrogen-bond donors (Lipinski definition) is 4. The number of H-pyrrole nitrogens is 1. The van der Waals surface area contributed by atoms with E-state index in [4.69, 9.17) is 11.5 Å². The third kappa shape index (κ3) is 4.93. The lowest BCUT2D eigenvalue weighted by Gasteiger charge is -2.39. The van der Waals surface area contributed by atoms with Crippen LogP contribution in [0.3, 0.4) is 0 Å². The highest BCUT2D eigenvalue weighted by Gasteiger charge is 2.54. The first-order valence-corrected chi connectivity index (χ1v) is 14.7. The van der Waals surface area contributed by atoms with E-state index >= 15 is 0 Å². The second-order valence-corrected chi connectivity index (χ2v) is 12.3. The Bertz CT molecular complexity index is 1560. The summed E-state index contributed by atoms with van der Waals surface area (Å²) >= 11 is 0. The lowest BCUT2D eigenvalue weighted by Crippen LogP contribution is -2.49. The summed E-state index contributed by atoms with van der Waals surface area (Å²) in [6, 6.07) is 12.8. The predicted octanol–water partition coefficient (Wildman–Crippen LogP) is 1.35. The second-order valence-electron chi connectivity index (χ2n) is 12.3. The van der Waals surface area contributed by atoms with E-state index in [1.54, 1.807) is 17.0 Å². The number of rotatable bonds is 9. The van der Waals surface area contributed by atoms with Crippen molar-refractivity contribution in [1.82, 2.24) is 30.8 Å². The average Bonchev–Trinajstić information content (AvgIpc) is 3.37. The van der Waals surface area contributed by atoms with Crippen LogP contribution in [0, 0.1) is 23.2 Å². The number of nitrogens with zero attached hydrogens (tertiary/aromatic N) is 5. The van der Waals surface area contributed by atoms with Crippen LogP contribution in [-0.2, 0) is 23.1 Å². The van der Waals surface area contributed by atoms with Crippen molar-refractivity contribution in [2.45, 2.75) is 69.5 Å². The van der Waals surface area contributed by atoms with Crippen molar-refractivity contribution in [2.75, 3.05) is 6.54 Å². The van der Waals surface area contributed by atoms with Gasteiger partial charge < -0.3 is 21.7 Å². The molecule has 1 aliphatic heterocycles. The SMILES string of the molecule is CC(C)[C@@H](CC1(c2nnn[nH]2)c2ccc(C(N)=O)cc2CCc2cc(C(N)=O)ccc21)NCC(=O)N1C(C#N)C[C@@H]2C[C@@H]21. The number of primary amides is 2. The molecule has 2 aliphatic carbocycles. The van der Waals surface area contributed by atoms with Gasteiger partial charge in [0.15, 0.2) is 5.82 Å². The molecule has 6 rings (SSSR count). The van der Waals surface area contributed by atoms with Crippen molar-refractivity contribution in [1.29, 1.82) is 5.26 Å². The molecule has 1 saturated heterocycles. The van der Waals surface area contributed by atoms with Gasteiger partial charge in [0.05, 0.1) is 18.0 Å². The van der Waals surface area contributed by atoms with Crippen LogP contribution >= 0.6 is 0 Å². The quantitative estimate of drug-likeness (QED) is 0.290. The summed E-state index contributed by atoms with van der Waals surface area (Å²) in [7, 11) is 0. The Morgan fingerprint density at radius 1 is 1.07 bits per heavy atom. The van der Waals surface area contributed by atoms with Crippen LogP contribution in [0.15, 0.2) is 36.4 Å². The fourth-order valence-corrected chi connectivity index (χ4v) is 7.18. The molecule has 0 spiro atoms. The van der Waals surface area contributed by atoms with E-state index in [2.05, 4.69) is 45.9 Å². The number of nitrogens with two attached hydrogens (primary N) is 2. The largest absolute Gasteiger partial charge is 0.366 e. The first-order chi connectivity index (χ1) is 20.6. The van der Waals surface area contributed by atoms with E-state index in [-0.39, 0.29) is 36.5 Å². The fraction of sp³-hybridized carbons (Fsp3) is 0.452. The molecule has 4 atom stereocenters. The Balaban J connectivity index is 1.45. The van der Waals surface area contributed by atoms with Crippen LogP contribution < -0.4 is 16.8 Å². The fourth-order valence-electron chi connectivity index (χ4n) is 7.18. The highest BCUT2D eigenvalue weighted by molar-refractivity contribution is 5.94. The molecule has 222 valence electrons. The Kier molecular flexibility index (Phi) is 7.22. The number of likely N-dealkylation sites (tertiary alicyclic amines) is 1. The number of aromatic nitrogens is 4. The van der Waals surface area contributed by atoms with E-state index in [1.807, 2.05) is 24.3 Å². The van der Waals surface area contributed by atoms with Gasteiger partial charge in [-0.15, -0.1) is 5.10 Å². The van der Waals surface area contributed by atoms with Gasteiger partial charge in [0.25, 0.3) is 0 Å². The molecule has 12 heteroatoms. The van der Waals surface area contributed by atoms with E-state index in [1.165, 1.54) is 0 Å². The van der Waals surface area contributed by atoms with Crippen molar-refractivity contribution in [3.8, 4) is 6.07 Å². The summed E-state index contributed by atoms with van der Waals surface area (Å²) < 4.78 is 0. The Labute approximate surface area is 249 Å². The molecule has 2 heterocycles. The molecule has 3 aromatic rings. The number of fused-ring (bicyclic) bond motifs is 3. The molecule has 1 saturated carbocycles. The summed E-state index contributed by atoms with van der Waals surface area (Å²) in [5.41, 5.74) is 14.8.